The topological polar surface area (TPSA) is 100 Å². The molecule has 0 spiro atoms. The second-order valence-electron chi connectivity index (χ2n) is 5.64. The lowest BCUT2D eigenvalue weighted by Crippen LogP contribution is -2.01. The Hall–Kier alpha value is -3.94. The molecule has 0 N–H and O–H groups in total. The van der Waals surface area contributed by atoms with Crippen molar-refractivity contribution in [3.8, 4) is 11.5 Å². The fourth-order valence-corrected chi connectivity index (χ4v) is 2.58. The lowest BCUT2D eigenvalue weighted by molar-refractivity contribution is -0.384. The van der Waals surface area contributed by atoms with E-state index in [1.807, 2.05) is 0 Å². The molecule has 8 heteroatoms. The average Bonchev–Trinajstić information content (AvgIpc) is 3.05. The van der Waals surface area contributed by atoms with Gasteiger partial charge in [-0.3, -0.25) is 10.1 Å². The molecule has 0 bridgehead atoms. The molecule has 0 atom stereocenters. The summed E-state index contributed by atoms with van der Waals surface area (Å²) < 4.78 is 15.7. The van der Waals surface area contributed by atoms with E-state index < -0.39 is 10.9 Å². The Bertz CT molecular complexity index is 1020. The second-order valence-corrected chi connectivity index (χ2v) is 5.64. The van der Waals surface area contributed by atoms with Crippen molar-refractivity contribution in [2.75, 3.05) is 14.2 Å². The first-order valence-corrected chi connectivity index (χ1v) is 8.18. The predicted molar refractivity (Wildman–Crippen MR) is 103 cm³/mol. The van der Waals surface area contributed by atoms with Crippen LogP contribution in [0.5, 0.6) is 11.5 Å². The van der Waals surface area contributed by atoms with E-state index in [1.165, 1.54) is 38.5 Å². The van der Waals surface area contributed by atoms with Crippen molar-refractivity contribution in [1.29, 1.82) is 0 Å². The number of methoxy groups -OCH3 is 2. The highest BCUT2D eigenvalue weighted by Crippen LogP contribution is 2.32. The Morgan fingerprint density at radius 3 is 2.61 bits per heavy atom. The number of nitrogens with zero attached hydrogens (tertiary/aromatic N) is 2. The third-order valence-corrected chi connectivity index (χ3v) is 3.86. The molecule has 2 aromatic carbocycles. The number of hydrogen-bond acceptors (Lipinski definition) is 7. The van der Waals surface area contributed by atoms with E-state index in [-0.39, 0.29) is 17.3 Å². The Kier molecular flexibility index (Phi) is 5.50. The third-order valence-electron chi connectivity index (χ3n) is 3.86. The minimum atomic E-state index is -0.608. The zero-order chi connectivity index (χ0) is 20.1. The van der Waals surface area contributed by atoms with E-state index in [9.17, 15) is 14.9 Å². The molecule has 1 aliphatic rings. The van der Waals surface area contributed by atoms with Gasteiger partial charge in [-0.15, -0.1) is 0 Å². The molecule has 1 heterocycles. The number of nitro groups is 1. The lowest BCUT2D eigenvalue weighted by atomic mass is 10.1. The van der Waals surface area contributed by atoms with Crippen LogP contribution >= 0.6 is 0 Å². The van der Waals surface area contributed by atoms with Crippen LogP contribution in [0.1, 0.15) is 11.1 Å². The van der Waals surface area contributed by atoms with Crippen LogP contribution in [-0.4, -0.2) is 31.0 Å². The van der Waals surface area contributed by atoms with Gasteiger partial charge in [0.15, 0.2) is 17.2 Å². The maximum atomic E-state index is 12.1. The molecule has 0 fully saturated rings. The molecule has 142 valence electrons. The van der Waals surface area contributed by atoms with Gasteiger partial charge >= 0.3 is 5.97 Å². The standard InChI is InChI=1S/C20H16N2O6/c1-26-17-8-4-6-14(19(17)27-2)12-16-20(23)28-18(21-16)10-9-13-5-3-7-15(11-13)22(24)25/h3-12H,1-2H3/b10-9-,16-12+. The first kappa shape index (κ1) is 18.8. The van der Waals surface area contributed by atoms with Crippen LogP contribution in [0.25, 0.3) is 12.2 Å². The summed E-state index contributed by atoms with van der Waals surface area (Å²) in [4.78, 5) is 26.6. The zero-order valence-corrected chi connectivity index (χ0v) is 15.1. The van der Waals surface area contributed by atoms with Gasteiger partial charge < -0.3 is 14.2 Å². The Morgan fingerprint density at radius 2 is 1.89 bits per heavy atom. The number of carbonyl (C=O) groups excluding carboxylic acids is 1. The van der Waals surface area contributed by atoms with E-state index >= 15 is 0 Å². The highest BCUT2D eigenvalue weighted by atomic mass is 16.6. The lowest BCUT2D eigenvalue weighted by Gasteiger charge is -2.09. The molecule has 8 nitrogen and oxygen atoms in total. The summed E-state index contributed by atoms with van der Waals surface area (Å²) in [5, 5.41) is 10.8. The van der Waals surface area contributed by atoms with Crippen molar-refractivity contribution in [3.63, 3.8) is 0 Å². The summed E-state index contributed by atoms with van der Waals surface area (Å²) in [6.45, 7) is 0. The van der Waals surface area contributed by atoms with Crippen molar-refractivity contribution >= 4 is 29.7 Å². The zero-order valence-electron chi connectivity index (χ0n) is 15.1. The predicted octanol–water partition coefficient (Wildman–Crippen LogP) is 3.62. The number of aliphatic imine (C=N–C) groups is 1. The summed E-state index contributed by atoms with van der Waals surface area (Å²) in [7, 11) is 3.02. The summed E-state index contributed by atoms with van der Waals surface area (Å²) >= 11 is 0. The van der Waals surface area contributed by atoms with Crippen molar-refractivity contribution in [1.82, 2.24) is 0 Å². The van der Waals surface area contributed by atoms with Gasteiger partial charge in [0.2, 0.25) is 5.90 Å². The van der Waals surface area contributed by atoms with Gasteiger partial charge in [-0.2, -0.15) is 0 Å². The smallest absolute Gasteiger partial charge is 0.363 e. The summed E-state index contributed by atoms with van der Waals surface area (Å²) in [6.07, 6.45) is 4.59. The SMILES string of the molecule is COc1cccc(/C=C2N=C(/C=C\c3cccc([N+](=O)[O-])c3)OC/2=O)c1OC. The number of carbonyl (C=O) groups is 1. The van der Waals surface area contributed by atoms with Gasteiger partial charge in [0.25, 0.3) is 5.69 Å². The van der Waals surface area contributed by atoms with Crippen LogP contribution < -0.4 is 9.47 Å². The molecule has 0 aliphatic carbocycles. The van der Waals surface area contributed by atoms with Gasteiger partial charge in [0.1, 0.15) is 0 Å². The highest BCUT2D eigenvalue weighted by Gasteiger charge is 2.22. The second kappa shape index (κ2) is 8.17. The number of esters is 1. The van der Waals surface area contributed by atoms with E-state index in [4.69, 9.17) is 14.2 Å². The Morgan fingerprint density at radius 1 is 1.11 bits per heavy atom. The first-order valence-electron chi connectivity index (χ1n) is 8.18. The molecule has 0 saturated heterocycles. The van der Waals surface area contributed by atoms with Gasteiger partial charge in [-0.25, -0.2) is 9.79 Å². The molecule has 0 unspecified atom stereocenters. The number of non-ortho nitro benzene ring substituents is 1. The summed E-state index contributed by atoms with van der Waals surface area (Å²) in [5.41, 5.74) is 1.27. The third kappa shape index (κ3) is 4.07. The number of benzene rings is 2. The fourth-order valence-electron chi connectivity index (χ4n) is 2.58. The molecule has 28 heavy (non-hydrogen) atoms. The van der Waals surface area contributed by atoms with Gasteiger partial charge in [-0.05, 0) is 23.8 Å². The van der Waals surface area contributed by atoms with E-state index in [2.05, 4.69) is 4.99 Å². The normalized spacial score (nSPS) is 14.9. The van der Waals surface area contributed by atoms with Crippen molar-refractivity contribution in [2.45, 2.75) is 0 Å². The number of rotatable bonds is 6. The van der Waals surface area contributed by atoms with Crippen LogP contribution in [0.4, 0.5) is 5.69 Å². The van der Waals surface area contributed by atoms with Crippen molar-refractivity contribution in [2.24, 2.45) is 4.99 Å². The number of cyclic esters (lactones) is 1. The largest absolute Gasteiger partial charge is 0.493 e. The van der Waals surface area contributed by atoms with E-state index in [0.717, 1.165) is 0 Å². The van der Waals surface area contributed by atoms with Gasteiger partial charge in [0.05, 0.1) is 19.1 Å². The van der Waals surface area contributed by atoms with E-state index in [0.29, 0.717) is 22.6 Å². The molecule has 1 aliphatic heterocycles. The molecule has 2 aromatic rings. The first-order chi connectivity index (χ1) is 13.5. The van der Waals surface area contributed by atoms with Crippen LogP contribution in [0.3, 0.4) is 0 Å². The summed E-state index contributed by atoms with van der Waals surface area (Å²) in [5.74, 6) is 0.479. The number of hydrogen-bond donors (Lipinski definition) is 0. The van der Waals surface area contributed by atoms with Crippen molar-refractivity contribution in [3.05, 3.63) is 75.5 Å². The highest BCUT2D eigenvalue weighted by molar-refractivity contribution is 6.11. The van der Waals surface area contributed by atoms with Gasteiger partial charge in [-0.1, -0.05) is 24.3 Å². The van der Waals surface area contributed by atoms with Crippen LogP contribution in [-0.2, 0) is 9.53 Å². The average molecular weight is 380 g/mol. The van der Waals surface area contributed by atoms with Crippen LogP contribution in [0.15, 0.2) is 59.2 Å². The fraction of sp³-hybridized carbons (Fsp3) is 0.100. The molecule has 3 rings (SSSR count). The molecule has 0 amide bonds. The number of ether oxygens (including phenoxy) is 3. The van der Waals surface area contributed by atoms with Crippen LogP contribution in [0.2, 0.25) is 0 Å². The van der Waals surface area contributed by atoms with Crippen LogP contribution in [0, 0.1) is 10.1 Å². The molecular formula is C20H16N2O6. The number of para-hydroxylation sites is 1. The molecule has 0 radical (unpaired) electrons. The van der Waals surface area contributed by atoms with Gasteiger partial charge in [0, 0.05) is 23.8 Å². The molecule has 0 saturated carbocycles. The maximum Gasteiger partial charge on any atom is 0.363 e. The minimum absolute atomic E-state index is 0.0294. The number of nitro benzene ring substituents is 1. The quantitative estimate of drug-likeness (QED) is 0.328. The molecular weight excluding hydrogens is 364 g/mol. The van der Waals surface area contributed by atoms with Crippen molar-refractivity contribution < 1.29 is 23.9 Å². The minimum Gasteiger partial charge on any atom is -0.493 e. The Labute approximate surface area is 160 Å². The monoisotopic (exact) mass is 380 g/mol. The van der Waals surface area contributed by atoms with E-state index in [1.54, 1.807) is 36.4 Å². The molecule has 0 aromatic heterocycles. The summed E-state index contributed by atoms with van der Waals surface area (Å²) in [6, 6.07) is 11.3. The Balaban J connectivity index is 1.86. The maximum absolute atomic E-state index is 12.1.